The van der Waals surface area contributed by atoms with Crippen LogP contribution in [0.4, 0.5) is 4.39 Å². The highest BCUT2D eigenvalue weighted by Gasteiger charge is 2.49. The van der Waals surface area contributed by atoms with Crippen molar-refractivity contribution in [3.63, 3.8) is 0 Å². The maximum atomic E-state index is 13.6. The third kappa shape index (κ3) is 8.01. The van der Waals surface area contributed by atoms with Crippen LogP contribution < -0.4 is 16.0 Å². The fraction of sp³-hybridized carbons (Fsp3) is 0.688. The van der Waals surface area contributed by atoms with Crippen LogP contribution in [-0.2, 0) is 14.3 Å². The van der Waals surface area contributed by atoms with Crippen LogP contribution in [0.1, 0.15) is 56.3 Å². The van der Waals surface area contributed by atoms with Crippen molar-refractivity contribution in [3.8, 4) is 0 Å². The van der Waals surface area contributed by atoms with Gasteiger partial charge in [0.25, 0.3) is 5.91 Å². The number of amides is 2. The number of hydrogen-bond donors (Lipinski definition) is 6. The normalized spacial score (nSPS) is 38.3. The molecule has 4 aliphatic rings. The summed E-state index contributed by atoms with van der Waals surface area (Å²) in [5.74, 6) is 0.403. The number of carbonyl (C=O) groups excluding carboxylic acids is 2. The summed E-state index contributed by atoms with van der Waals surface area (Å²) in [6, 6.07) is 4.06. The number of fused-ring (bicyclic) bond motifs is 3. The Labute approximate surface area is 262 Å². The third-order valence-electron chi connectivity index (χ3n) is 9.16. The Balaban J connectivity index is 1.24. The monoisotopic (exact) mass is 635 g/mol. The standard InChI is InChI=1S/C32H46FN3O7S/c1-17(2)13-18-11-12-42-28-20(14-18)15-34-24(28)31(41)36-23-6-4-3-5-22(16-35-30(40)19-7-9-21(33)10-8-19)44-32-27(39)25(37)26(38)29(23)43-32/h3-4,7-10,17-18,20,22-29,32,34,37-39H,5-6,11-16H2,1-2H3,(H,35,40)(H,36,41)/b4-3-/t18-,20-,22-,23+,24?,25?,26?,27+,28+,29+,32?/m0/s1. The maximum Gasteiger partial charge on any atom is 0.251 e. The molecule has 3 saturated heterocycles. The van der Waals surface area contributed by atoms with E-state index >= 15 is 0 Å². The van der Waals surface area contributed by atoms with E-state index in [1.807, 2.05) is 12.2 Å². The molecule has 1 aromatic carbocycles. The Morgan fingerprint density at radius 3 is 2.57 bits per heavy atom. The molecule has 44 heavy (non-hydrogen) atoms. The van der Waals surface area contributed by atoms with Gasteiger partial charge in [-0.25, -0.2) is 4.39 Å². The number of rotatable bonds is 7. The van der Waals surface area contributed by atoms with Gasteiger partial charge in [0.1, 0.15) is 41.7 Å². The zero-order chi connectivity index (χ0) is 31.4. The summed E-state index contributed by atoms with van der Waals surface area (Å²) < 4.78 is 25.7. The summed E-state index contributed by atoms with van der Waals surface area (Å²) in [5, 5.41) is 41.6. The van der Waals surface area contributed by atoms with Crippen LogP contribution in [0, 0.1) is 23.6 Å². The summed E-state index contributed by atoms with van der Waals surface area (Å²) in [4.78, 5) is 26.2. The van der Waals surface area contributed by atoms with E-state index in [2.05, 4.69) is 29.8 Å². The second-order valence-corrected chi connectivity index (χ2v) is 14.4. The Morgan fingerprint density at radius 2 is 1.82 bits per heavy atom. The maximum absolute atomic E-state index is 13.6. The van der Waals surface area contributed by atoms with Crippen molar-refractivity contribution in [3.05, 3.63) is 47.8 Å². The second-order valence-electron chi connectivity index (χ2n) is 13.0. The predicted molar refractivity (Wildman–Crippen MR) is 164 cm³/mol. The molecular weight excluding hydrogens is 589 g/mol. The molecule has 4 aliphatic heterocycles. The van der Waals surface area contributed by atoms with Gasteiger partial charge in [0, 0.05) is 30.5 Å². The minimum atomic E-state index is -1.49. The summed E-state index contributed by atoms with van der Waals surface area (Å²) in [6.45, 7) is 6.02. The van der Waals surface area contributed by atoms with Crippen molar-refractivity contribution in [1.82, 2.24) is 16.0 Å². The van der Waals surface area contributed by atoms with Gasteiger partial charge in [-0.1, -0.05) is 26.0 Å². The number of ether oxygens (including phenoxy) is 2. The van der Waals surface area contributed by atoms with Crippen LogP contribution in [-0.4, -0.2) is 100 Å². The van der Waals surface area contributed by atoms with Crippen molar-refractivity contribution in [2.45, 2.75) is 99.2 Å². The molecule has 10 nitrogen and oxygen atoms in total. The highest BCUT2D eigenvalue weighted by molar-refractivity contribution is 8.00. The molecule has 12 heteroatoms. The number of thioether (sulfide) groups is 1. The summed E-state index contributed by atoms with van der Waals surface area (Å²) in [7, 11) is 0. The summed E-state index contributed by atoms with van der Waals surface area (Å²) in [5.41, 5.74) is -0.584. The van der Waals surface area contributed by atoms with E-state index in [1.165, 1.54) is 36.0 Å². The smallest absolute Gasteiger partial charge is 0.251 e. The van der Waals surface area contributed by atoms with Crippen LogP contribution in [0.5, 0.6) is 0 Å². The van der Waals surface area contributed by atoms with Crippen molar-refractivity contribution < 1.29 is 38.8 Å². The second kappa shape index (κ2) is 15.0. The highest BCUT2D eigenvalue weighted by Crippen LogP contribution is 2.36. The number of benzene rings is 1. The van der Waals surface area contributed by atoms with Gasteiger partial charge in [0.2, 0.25) is 5.91 Å². The first-order valence-electron chi connectivity index (χ1n) is 15.8. The first-order chi connectivity index (χ1) is 21.1. The van der Waals surface area contributed by atoms with E-state index < -0.39 is 47.8 Å². The number of nitrogens with one attached hydrogen (secondary N) is 3. The Morgan fingerprint density at radius 1 is 1.07 bits per heavy atom. The lowest BCUT2D eigenvalue weighted by atomic mass is 9.85. The van der Waals surface area contributed by atoms with Crippen LogP contribution in [0.15, 0.2) is 36.4 Å². The Hall–Kier alpha value is -2.06. The Bertz CT molecular complexity index is 1160. The molecule has 0 aromatic heterocycles. The number of allylic oxidation sites excluding steroid dienone is 1. The fourth-order valence-electron chi connectivity index (χ4n) is 6.92. The van der Waals surface area contributed by atoms with E-state index in [-0.39, 0.29) is 35.6 Å². The van der Waals surface area contributed by atoms with Crippen molar-refractivity contribution in [1.29, 1.82) is 0 Å². The molecule has 4 heterocycles. The molecule has 0 radical (unpaired) electrons. The van der Waals surface area contributed by atoms with Crippen molar-refractivity contribution in [2.75, 3.05) is 19.7 Å². The number of hydrogen-bond acceptors (Lipinski definition) is 9. The van der Waals surface area contributed by atoms with E-state index in [0.717, 1.165) is 19.3 Å². The average Bonchev–Trinajstić information content (AvgIpc) is 3.28. The molecule has 2 bridgehead atoms. The lowest BCUT2D eigenvalue weighted by molar-refractivity contribution is -0.205. The lowest BCUT2D eigenvalue weighted by Gasteiger charge is -2.44. The molecule has 244 valence electrons. The topological polar surface area (TPSA) is 149 Å². The number of aliphatic hydroxyl groups is 3. The zero-order valence-electron chi connectivity index (χ0n) is 25.3. The predicted octanol–water partition coefficient (Wildman–Crippen LogP) is 1.73. The molecule has 2 amide bonds. The fourth-order valence-corrected chi connectivity index (χ4v) is 8.21. The van der Waals surface area contributed by atoms with Gasteiger partial charge >= 0.3 is 0 Å². The lowest BCUT2D eigenvalue weighted by Crippen LogP contribution is -2.64. The molecule has 0 saturated carbocycles. The Kier molecular flexibility index (Phi) is 11.4. The number of carbonyl (C=O) groups is 2. The zero-order valence-corrected chi connectivity index (χ0v) is 26.1. The van der Waals surface area contributed by atoms with Crippen molar-refractivity contribution in [2.24, 2.45) is 17.8 Å². The minimum absolute atomic E-state index is 0.226. The highest BCUT2D eigenvalue weighted by atomic mass is 32.2. The van der Waals surface area contributed by atoms with Crippen LogP contribution in [0.2, 0.25) is 0 Å². The van der Waals surface area contributed by atoms with Crippen LogP contribution in [0.25, 0.3) is 0 Å². The SMILES string of the molecule is CC(C)C[C@@H]1CCO[C@H]2C(C(=O)N[C@@H]3C/C=C\C[C@@H](CNC(=O)c4ccc(F)cc4)SC4O[C@H]3C(O)C(O)[C@H]4O)NC[C@@H]2C1. The van der Waals surface area contributed by atoms with E-state index in [4.69, 9.17) is 9.47 Å². The quantitative estimate of drug-likeness (QED) is 0.247. The van der Waals surface area contributed by atoms with Gasteiger partial charge in [-0.3, -0.25) is 9.59 Å². The molecule has 0 spiro atoms. The molecule has 5 rings (SSSR count). The van der Waals surface area contributed by atoms with E-state index in [1.54, 1.807) is 0 Å². The average molecular weight is 636 g/mol. The third-order valence-corrected chi connectivity index (χ3v) is 10.6. The van der Waals surface area contributed by atoms with E-state index in [0.29, 0.717) is 43.4 Å². The molecular formula is C32H46FN3O7S. The first-order valence-corrected chi connectivity index (χ1v) is 16.7. The minimum Gasteiger partial charge on any atom is -0.388 e. The molecule has 0 aliphatic carbocycles. The van der Waals surface area contributed by atoms with Crippen LogP contribution >= 0.6 is 11.8 Å². The van der Waals surface area contributed by atoms with E-state index in [9.17, 15) is 29.3 Å². The van der Waals surface area contributed by atoms with Gasteiger partial charge in [-0.2, -0.15) is 0 Å². The number of halogens is 1. The molecule has 3 fully saturated rings. The van der Waals surface area contributed by atoms with Gasteiger partial charge in [-0.15, -0.1) is 11.8 Å². The summed E-state index contributed by atoms with van der Waals surface area (Å²) >= 11 is 1.25. The van der Waals surface area contributed by atoms with Gasteiger partial charge in [0.05, 0.1) is 12.1 Å². The van der Waals surface area contributed by atoms with Gasteiger partial charge in [-0.05, 0) is 74.1 Å². The van der Waals surface area contributed by atoms with Gasteiger partial charge in [0.15, 0.2) is 0 Å². The molecule has 4 unspecified atom stereocenters. The van der Waals surface area contributed by atoms with Crippen molar-refractivity contribution >= 4 is 23.6 Å². The van der Waals surface area contributed by atoms with Gasteiger partial charge < -0.3 is 40.7 Å². The molecule has 6 N–H and O–H groups in total. The summed E-state index contributed by atoms with van der Waals surface area (Å²) in [6.07, 6.45) is 2.35. The van der Waals surface area contributed by atoms with Crippen LogP contribution in [0.3, 0.4) is 0 Å². The first kappa shape index (κ1) is 33.3. The molecule has 1 aromatic rings. The largest absolute Gasteiger partial charge is 0.388 e. The molecule has 11 atom stereocenters. The number of aliphatic hydroxyl groups excluding tert-OH is 3.